The van der Waals surface area contributed by atoms with Gasteiger partial charge in [0.05, 0.1) is 12.3 Å². The monoisotopic (exact) mass is 202 g/mol. The van der Waals surface area contributed by atoms with Crippen LogP contribution < -0.4 is 0 Å². The number of aromatic nitrogens is 2. The van der Waals surface area contributed by atoms with E-state index in [9.17, 15) is 8.78 Å². The maximum absolute atomic E-state index is 11.7. The third kappa shape index (κ3) is 3.33. The molecule has 0 atom stereocenters. The van der Waals surface area contributed by atoms with Crippen molar-refractivity contribution in [1.82, 2.24) is 9.97 Å². The second-order valence-corrected chi connectivity index (χ2v) is 3.13. The highest BCUT2D eigenvalue weighted by atomic mass is 19.3. The summed E-state index contributed by atoms with van der Waals surface area (Å²) in [7, 11) is 0. The molecule has 1 aromatic rings. The van der Waals surface area contributed by atoms with E-state index in [0.29, 0.717) is 11.5 Å². The molecule has 1 heterocycles. The summed E-state index contributed by atoms with van der Waals surface area (Å²) in [5.41, 5.74) is 0.476. The lowest BCUT2D eigenvalue weighted by Gasteiger charge is -2.06. The molecule has 0 bridgehead atoms. The van der Waals surface area contributed by atoms with Gasteiger partial charge < -0.3 is 4.74 Å². The van der Waals surface area contributed by atoms with E-state index in [-0.39, 0.29) is 12.5 Å². The van der Waals surface area contributed by atoms with Gasteiger partial charge in [-0.05, 0) is 6.07 Å². The molecular weight excluding hydrogens is 190 g/mol. The predicted octanol–water partition coefficient (Wildman–Crippen LogP) is 2.34. The molecule has 0 spiro atoms. The highest BCUT2D eigenvalue weighted by Gasteiger charge is 2.06. The highest BCUT2D eigenvalue weighted by Crippen LogP contribution is 2.09. The molecule has 0 N–H and O–H groups in total. The van der Waals surface area contributed by atoms with Crippen molar-refractivity contribution in [2.24, 2.45) is 0 Å². The second kappa shape index (κ2) is 4.95. The van der Waals surface area contributed by atoms with Crippen molar-refractivity contribution in [3.63, 3.8) is 0 Å². The van der Waals surface area contributed by atoms with Crippen molar-refractivity contribution in [3.8, 4) is 0 Å². The summed E-state index contributed by atoms with van der Waals surface area (Å²) in [6.07, 6.45) is 1.55. The van der Waals surface area contributed by atoms with Gasteiger partial charge in [-0.2, -0.15) is 8.78 Å². The van der Waals surface area contributed by atoms with Crippen LogP contribution in [0.1, 0.15) is 31.3 Å². The largest absolute Gasteiger partial charge is 0.345 e. The number of hydrogen-bond acceptors (Lipinski definition) is 3. The second-order valence-electron chi connectivity index (χ2n) is 3.13. The van der Waals surface area contributed by atoms with Crippen molar-refractivity contribution >= 4 is 0 Å². The van der Waals surface area contributed by atoms with Crippen LogP contribution in [0.15, 0.2) is 12.3 Å². The molecule has 0 aromatic carbocycles. The molecule has 0 amide bonds. The van der Waals surface area contributed by atoms with Crippen LogP contribution in [-0.2, 0) is 11.3 Å². The average Bonchev–Trinajstić information content (AvgIpc) is 2.15. The van der Waals surface area contributed by atoms with Gasteiger partial charge in [0.1, 0.15) is 5.82 Å². The first-order valence-electron chi connectivity index (χ1n) is 4.31. The molecule has 5 heteroatoms. The summed E-state index contributed by atoms with van der Waals surface area (Å²) < 4.78 is 27.6. The number of halogens is 2. The Morgan fingerprint density at radius 2 is 2.14 bits per heavy atom. The van der Waals surface area contributed by atoms with Gasteiger partial charge in [0.25, 0.3) is 0 Å². The van der Waals surface area contributed by atoms with E-state index >= 15 is 0 Å². The molecule has 1 aromatic heterocycles. The molecule has 0 saturated carbocycles. The molecular formula is C9H12F2N2O. The maximum atomic E-state index is 11.7. The highest BCUT2D eigenvalue weighted by molar-refractivity contribution is 5.03. The van der Waals surface area contributed by atoms with Crippen molar-refractivity contribution in [2.45, 2.75) is 33.0 Å². The zero-order valence-corrected chi connectivity index (χ0v) is 8.08. The number of nitrogens with zero attached hydrogens (tertiary/aromatic N) is 2. The van der Waals surface area contributed by atoms with Crippen LogP contribution in [-0.4, -0.2) is 16.6 Å². The number of alkyl halides is 2. The van der Waals surface area contributed by atoms with E-state index < -0.39 is 6.61 Å². The Morgan fingerprint density at radius 3 is 2.71 bits per heavy atom. The van der Waals surface area contributed by atoms with Crippen LogP contribution in [0.3, 0.4) is 0 Å². The number of hydrogen-bond donors (Lipinski definition) is 0. The molecule has 78 valence electrons. The molecule has 1 rings (SSSR count). The van der Waals surface area contributed by atoms with E-state index in [1.165, 1.54) is 0 Å². The van der Waals surface area contributed by atoms with Crippen molar-refractivity contribution in [3.05, 3.63) is 23.8 Å². The standard InChI is InChI=1S/C9H12F2N2O/c1-6(2)8-12-4-3-7(13-8)5-14-9(10)11/h3-4,6,9H,5H2,1-2H3. The van der Waals surface area contributed by atoms with Crippen molar-refractivity contribution in [1.29, 1.82) is 0 Å². The molecule has 0 aliphatic carbocycles. The van der Waals surface area contributed by atoms with Crippen LogP contribution in [0, 0.1) is 0 Å². The quantitative estimate of drug-likeness (QED) is 0.751. The van der Waals surface area contributed by atoms with Gasteiger partial charge >= 0.3 is 6.61 Å². The summed E-state index contributed by atoms with van der Waals surface area (Å²) in [6, 6.07) is 1.56. The zero-order chi connectivity index (χ0) is 10.6. The van der Waals surface area contributed by atoms with Gasteiger partial charge in [0.15, 0.2) is 0 Å². The summed E-state index contributed by atoms with van der Waals surface area (Å²) in [5, 5.41) is 0. The Balaban J connectivity index is 2.64. The van der Waals surface area contributed by atoms with Crippen LogP contribution in [0.4, 0.5) is 8.78 Å². The van der Waals surface area contributed by atoms with E-state index in [1.807, 2.05) is 13.8 Å². The van der Waals surface area contributed by atoms with Gasteiger partial charge in [-0.25, -0.2) is 9.97 Å². The smallest absolute Gasteiger partial charge is 0.317 e. The fraction of sp³-hybridized carbons (Fsp3) is 0.556. The molecule has 0 unspecified atom stereocenters. The first kappa shape index (κ1) is 11.0. The molecule has 14 heavy (non-hydrogen) atoms. The summed E-state index contributed by atoms with van der Waals surface area (Å²) in [5.74, 6) is 0.821. The number of ether oxygens (including phenoxy) is 1. The molecule has 3 nitrogen and oxygen atoms in total. The average molecular weight is 202 g/mol. The molecule has 0 fully saturated rings. The number of rotatable bonds is 4. The first-order chi connectivity index (χ1) is 6.59. The van der Waals surface area contributed by atoms with Gasteiger partial charge in [0.2, 0.25) is 0 Å². The molecule has 0 aliphatic rings. The third-order valence-corrected chi connectivity index (χ3v) is 1.61. The van der Waals surface area contributed by atoms with Crippen molar-refractivity contribution < 1.29 is 13.5 Å². The topological polar surface area (TPSA) is 35.0 Å². The Morgan fingerprint density at radius 1 is 1.43 bits per heavy atom. The summed E-state index contributed by atoms with van der Waals surface area (Å²) >= 11 is 0. The Hall–Kier alpha value is -1.10. The van der Waals surface area contributed by atoms with E-state index in [2.05, 4.69) is 14.7 Å². The molecule has 0 aliphatic heterocycles. The lowest BCUT2D eigenvalue weighted by atomic mass is 10.2. The van der Waals surface area contributed by atoms with E-state index in [1.54, 1.807) is 12.3 Å². The molecule has 0 saturated heterocycles. The Bertz CT molecular complexity index is 292. The van der Waals surface area contributed by atoms with Crippen LogP contribution in [0.5, 0.6) is 0 Å². The summed E-state index contributed by atoms with van der Waals surface area (Å²) in [6.45, 7) is 0.938. The van der Waals surface area contributed by atoms with Crippen molar-refractivity contribution in [2.75, 3.05) is 0 Å². The van der Waals surface area contributed by atoms with Gasteiger partial charge in [0, 0.05) is 12.1 Å². The predicted molar refractivity (Wildman–Crippen MR) is 46.9 cm³/mol. The van der Waals surface area contributed by atoms with Gasteiger partial charge in [-0.3, -0.25) is 0 Å². The fourth-order valence-corrected chi connectivity index (χ4v) is 0.920. The molecule has 0 radical (unpaired) electrons. The van der Waals surface area contributed by atoms with Gasteiger partial charge in [-0.15, -0.1) is 0 Å². The normalized spacial score (nSPS) is 11.3. The first-order valence-corrected chi connectivity index (χ1v) is 4.31. The van der Waals surface area contributed by atoms with Gasteiger partial charge in [-0.1, -0.05) is 13.8 Å². The van der Waals surface area contributed by atoms with E-state index in [4.69, 9.17) is 0 Å². The lowest BCUT2D eigenvalue weighted by molar-refractivity contribution is -0.138. The van der Waals surface area contributed by atoms with Crippen LogP contribution in [0.2, 0.25) is 0 Å². The third-order valence-electron chi connectivity index (χ3n) is 1.61. The van der Waals surface area contributed by atoms with Crippen LogP contribution >= 0.6 is 0 Å². The van der Waals surface area contributed by atoms with Crippen LogP contribution in [0.25, 0.3) is 0 Å². The fourth-order valence-electron chi connectivity index (χ4n) is 0.920. The minimum absolute atomic E-state index is 0.181. The minimum Gasteiger partial charge on any atom is -0.317 e. The van der Waals surface area contributed by atoms with E-state index in [0.717, 1.165) is 0 Å². The minimum atomic E-state index is -2.76. The maximum Gasteiger partial charge on any atom is 0.345 e. The Kier molecular flexibility index (Phi) is 3.88. The zero-order valence-electron chi connectivity index (χ0n) is 8.08. The summed E-state index contributed by atoms with van der Waals surface area (Å²) in [4.78, 5) is 8.09. The SMILES string of the molecule is CC(C)c1nccc(COC(F)F)n1. The lowest BCUT2D eigenvalue weighted by Crippen LogP contribution is -2.04. The Labute approximate surface area is 81.1 Å².